The van der Waals surface area contributed by atoms with Gasteiger partial charge in [-0.3, -0.25) is 9.69 Å². The van der Waals surface area contributed by atoms with Crippen LogP contribution in [-0.4, -0.2) is 36.5 Å². The molecule has 1 aliphatic rings. The monoisotopic (exact) mass is 646 g/mol. The zero-order chi connectivity index (χ0) is 27.4. The van der Waals surface area contributed by atoms with Crippen LogP contribution in [0.2, 0.25) is 0 Å². The van der Waals surface area contributed by atoms with E-state index in [4.69, 9.17) is 13.9 Å². The van der Waals surface area contributed by atoms with E-state index in [1.165, 1.54) is 19.2 Å². The molecule has 0 saturated carbocycles. The lowest BCUT2D eigenvalue weighted by Gasteiger charge is -2.17. The predicted octanol–water partition coefficient (Wildman–Crippen LogP) is 5.97. The maximum atomic E-state index is 13.0. The van der Waals surface area contributed by atoms with Gasteiger partial charge in [0.05, 0.1) is 24.7 Å². The SMILES string of the molecule is CCOc1cc(/C=C2\NC(=O)N(Cc3ccc(C(=O)OC)o3)C2=O)c(Br)c(Br)c1OCc1cccc(C)c1. The third-order valence-electron chi connectivity index (χ3n) is 5.55. The van der Waals surface area contributed by atoms with Crippen molar-refractivity contribution in [3.8, 4) is 11.5 Å². The van der Waals surface area contributed by atoms with Gasteiger partial charge in [-0.1, -0.05) is 29.8 Å². The van der Waals surface area contributed by atoms with Gasteiger partial charge in [0.25, 0.3) is 5.91 Å². The number of hydrogen-bond donors (Lipinski definition) is 1. The van der Waals surface area contributed by atoms with E-state index in [1.807, 2.05) is 38.1 Å². The normalized spacial score (nSPS) is 14.1. The van der Waals surface area contributed by atoms with Crippen molar-refractivity contribution in [3.05, 3.63) is 85.3 Å². The lowest BCUT2D eigenvalue weighted by Crippen LogP contribution is -2.30. The molecule has 0 unspecified atom stereocenters. The molecule has 1 aliphatic heterocycles. The summed E-state index contributed by atoms with van der Waals surface area (Å²) in [5.41, 5.74) is 2.79. The van der Waals surface area contributed by atoms with Crippen LogP contribution in [0.1, 0.15) is 39.9 Å². The van der Waals surface area contributed by atoms with Crippen molar-refractivity contribution in [2.24, 2.45) is 0 Å². The summed E-state index contributed by atoms with van der Waals surface area (Å²) in [6, 6.07) is 12.1. The Labute approximate surface area is 236 Å². The van der Waals surface area contributed by atoms with Crippen LogP contribution in [0.4, 0.5) is 4.79 Å². The van der Waals surface area contributed by atoms with Crippen molar-refractivity contribution in [2.75, 3.05) is 13.7 Å². The molecule has 1 saturated heterocycles. The van der Waals surface area contributed by atoms with E-state index in [1.54, 1.807) is 12.1 Å². The molecule has 0 spiro atoms. The lowest BCUT2D eigenvalue weighted by atomic mass is 10.1. The van der Waals surface area contributed by atoms with Gasteiger partial charge in [0.15, 0.2) is 11.5 Å². The average molecular weight is 648 g/mol. The molecule has 2 aromatic carbocycles. The molecule has 198 valence electrons. The lowest BCUT2D eigenvalue weighted by molar-refractivity contribution is -0.123. The third-order valence-corrected chi connectivity index (χ3v) is 7.69. The van der Waals surface area contributed by atoms with Crippen LogP contribution in [-0.2, 0) is 22.7 Å². The molecular weight excluding hydrogens is 624 g/mol. The number of esters is 1. The second-order valence-corrected chi connectivity index (χ2v) is 9.85. The van der Waals surface area contributed by atoms with Crippen LogP contribution in [0.25, 0.3) is 6.08 Å². The number of methoxy groups -OCH3 is 1. The van der Waals surface area contributed by atoms with E-state index >= 15 is 0 Å². The van der Waals surface area contributed by atoms with Crippen LogP contribution in [0.5, 0.6) is 11.5 Å². The van der Waals surface area contributed by atoms with E-state index in [0.717, 1.165) is 16.0 Å². The van der Waals surface area contributed by atoms with E-state index in [-0.39, 0.29) is 23.8 Å². The molecule has 38 heavy (non-hydrogen) atoms. The van der Waals surface area contributed by atoms with Crippen LogP contribution >= 0.6 is 31.9 Å². The Balaban J connectivity index is 1.58. The summed E-state index contributed by atoms with van der Waals surface area (Å²) in [6.07, 6.45) is 1.55. The van der Waals surface area contributed by atoms with Gasteiger partial charge in [-0.15, -0.1) is 0 Å². The quantitative estimate of drug-likeness (QED) is 0.173. The van der Waals surface area contributed by atoms with Gasteiger partial charge < -0.3 is 23.9 Å². The molecule has 0 bridgehead atoms. The largest absolute Gasteiger partial charge is 0.490 e. The topological polar surface area (TPSA) is 107 Å². The molecule has 0 aliphatic carbocycles. The van der Waals surface area contributed by atoms with Crippen molar-refractivity contribution >= 4 is 55.8 Å². The van der Waals surface area contributed by atoms with E-state index in [2.05, 4.69) is 41.9 Å². The summed E-state index contributed by atoms with van der Waals surface area (Å²) < 4.78 is 23.2. The van der Waals surface area contributed by atoms with Crippen molar-refractivity contribution in [3.63, 3.8) is 0 Å². The summed E-state index contributed by atoms with van der Waals surface area (Å²) in [5.74, 6) is 0.0133. The highest BCUT2D eigenvalue weighted by Crippen LogP contribution is 2.44. The van der Waals surface area contributed by atoms with E-state index in [0.29, 0.717) is 39.2 Å². The molecule has 1 aromatic heterocycles. The smallest absolute Gasteiger partial charge is 0.373 e. The minimum atomic E-state index is -0.652. The number of rotatable bonds is 9. The zero-order valence-electron chi connectivity index (χ0n) is 20.8. The van der Waals surface area contributed by atoms with E-state index < -0.39 is 17.9 Å². The molecule has 0 radical (unpaired) electrons. The van der Waals surface area contributed by atoms with Gasteiger partial charge in [0.1, 0.15) is 18.1 Å². The first kappa shape index (κ1) is 27.5. The molecule has 1 fully saturated rings. The number of nitrogens with zero attached hydrogens (tertiary/aromatic N) is 1. The number of carbonyl (C=O) groups is 3. The second kappa shape index (κ2) is 11.9. The Morgan fingerprint density at radius 3 is 2.61 bits per heavy atom. The Hall–Kier alpha value is -3.57. The number of amides is 3. The number of halogens is 2. The van der Waals surface area contributed by atoms with Crippen molar-refractivity contribution in [2.45, 2.75) is 27.0 Å². The van der Waals surface area contributed by atoms with Crippen LogP contribution in [0.15, 0.2) is 61.5 Å². The van der Waals surface area contributed by atoms with Crippen LogP contribution in [0, 0.1) is 6.92 Å². The highest BCUT2D eigenvalue weighted by molar-refractivity contribution is 9.13. The van der Waals surface area contributed by atoms with Gasteiger partial charge >= 0.3 is 12.0 Å². The van der Waals surface area contributed by atoms with E-state index in [9.17, 15) is 14.4 Å². The Kier molecular flexibility index (Phi) is 8.58. The first-order valence-corrected chi connectivity index (χ1v) is 13.1. The maximum absolute atomic E-state index is 13.0. The van der Waals surface area contributed by atoms with Crippen molar-refractivity contribution in [1.29, 1.82) is 0 Å². The molecule has 3 aromatic rings. The molecule has 2 heterocycles. The Morgan fingerprint density at radius 1 is 1.11 bits per heavy atom. The highest BCUT2D eigenvalue weighted by Gasteiger charge is 2.35. The number of benzene rings is 2. The fraction of sp³-hybridized carbons (Fsp3) is 0.222. The summed E-state index contributed by atoms with van der Waals surface area (Å²) in [4.78, 5) is 38.2. The molecule has 9 nitrogen and oxygen atoms in total. The maximum Gasteiger partial charge on any atom is 0.373 e. The van der Waals surface area contributed by atoms with Crippen LogP contribution < -0.4 is 14.8 Å². The molecule has 3 amide bonds. The molecule has 0 atom stereocenters. The summed E-state index contributed by atoms with van der Waals surface area (Å²) >= 11 is 7.14. The number of hydrogen-bond acceptors (Lipinski definition) is 7. The predicted molar refractivity (Wildman–Crippen MR) is 146 cm³/mol. The minimum absolute atomic E-state index is 0.0211. The highest BCUT2D eigenvalue weighted by atomic mass is 79.9. The van der Waals surface area contributed by atoms with Crippen LogP contribution in [0.3, 0.4) is 0 Å². The zero-order valence-corrected chi connectivity index (χ0v) is 24.0. The Morgan fingerprint density at radius 2 is 1.89 bits per heavy atom. The molecule has 11 heteroatoms. The average Bonchev–Trinajstić information content (AvgIpc) is 3.47. The number of ether oxygens (including phenoxy) is 3. The van der Waals surface area contributed by atoms with Gasteiger partial charge in [0.2, 0.25) is 5.76 Å². The first-order chi connectivity index (χ1) is 18.2. The van der Waals surface area contributed by atoms with Gasteiger partial charge in [-0.05, 0) is 81.1 Å². The summed E-state index contributed by atoms with van der Waals surface area (Å²) in [7, 11) is 1.23. The summed E-state index contributed by atoms with van der Waals surface area (Å²) in [6.45, 7) is 4.45. The van der Waals surface area contributed by atoms with Gasteiger partial charge in [-0.25, -0.2) is 9.59 Å². The number of furan rings is 1. The molecular formula is C27H24Br2N2O7. The second-order valence-electron chi connectivity index (χ2n) is 8.27. The van der Waals surface area contributed by atoms with Crippen molar-refractivity contribution in [1.82, 2.24) is 10.2 Å². The standard InChI is InChI=1S/C27H24Br2N2O7/c1-4-36-21-12-17(22(28)23(29)24(21)37-14-16-7-5-6-15(2)10-16)11-19-25(32)31(27(34)30-19)13-18-8-9-20(38-18)26(33)35-3/h5-12H,4,13-14H2,1-3H3,(H,30,34)/b19-11-. The van der Waals surface area contributed by atoms with Crippen molar-refractivity contribution < 1.29 is 33.0 Å². The third kappa shape index (κ3) is 5.94. The first-order valence-electron chi connectivity index (χ1n) is 11.6. The molecule has 4 rings (SSSR count). The number of nitrogens with one attached hydrogen (secondary N) is 1. The Bertz CT molecular complexity index is 1430. The van der Waals surface area contributed by atoms with Gasteiger partial charge in [0, 0.05) is 4.47 Å². The minimum Gasteiger partial charge on any atom is -0.490 e. The molecule has 1 N–H and O–H groups in total. The number of urea groups is 1. The summed E-state index contributed by atoms with van der Waals surface area (Å²) in [5, 5.41) is 2.58. The fourth-order valence-electron chi connectivity index (χ4n) is 3.76. The number of carbonyl (C=O) groups excluding carboxylic acids is 3. The number of aryl methyl sites for hydroxylation is 1. The van der Waals surface area contributed by atoms with Gasteiger partial charge in [-0.2, -0.15) is 0 Å². The number of imide groups is 1. The fourth-order valence-corrected chi connectivity index (χ4v) is 4.71.